The molecule has 5 heteroatoms. The van der Waals surface area contributed by atoms with E-state index in [0.717, 1.165) is 16.3 Å². The number of hydrogen-bond acceptors (Lipinski definition) is 4. The van der Waals surface area contributed by atoms with Crippen LogP contribution < -0.4 is 5.73 Å². The molecule has 0 atom stereocenters. The first kappa shape index (κ1) is 10.3. The number of amides is 1. The van der Waals surface area contributed by atoms with Gasteiger partial charge in [-0.3, -0.25) is 4.79 Å². The molecule has 0 radical (unpaired) electrons. The number of primary amides is 1. The van der Waals surface area contributed by atoms with E-state index in [0.29, 0.717) is 5.01 Å². The van der Waals surface area contributed by atoms with Gasteiger partial charge in [0.2, 0.25) is 5.91 Å². The molecule has 0 spiro atoms. The molecule has 0 bridgehead atoms. The minimum Gasteiger partial charge on any atom is -0.366 e. The molecule has 0 saturated heterocycles. The highest BCUT2D eigenvalue weighted by Gasteiger charge is 2.08. The van der Waals surface area contributed by atoms with Gasteiger partial charge in [0, 0.05) is 6.08 Å². The number of carbonyl (C=O) groups excluding carboxylic acids is 1. The Morgan fingerprint density at radius 1 is 1.50 bits per heavy atom. The number of para-hydroxylation sites is 1. The molecule has 1 heterocycles. The van der Waals surface area contributed by atoms with Gasteiger partial charge in [0.05, 0.1) is 15.8 Å². The van der Waals surface area contributed by atoms with Crippen LogP contribution in [0.5, 0.6) is 0 Å². The van der Waals surface area contributed by atoms with Crippen LogP contribution in [-0.4, -0.2) is 10.9 Å². The van der Waals surface area contributed by atoms with E-state index in [2.05, 4.69) is 4.98 Å². The second-order valence-corrected chi connectivity index (χ2v) is 4.09. The smallest absolute Gasteiger partial charge is 0.242 e. The molecule has 2 aromatic rings. The van der Waals surface area contributed by atoms with E-state index >= 15 is 0 Å². The third-order valence-electron chi connectivity index (χ3n) is 1.93. The fraction of sp³-hybridized carbons (Fsp3) is 0. The summed E-state index contributed by atoms with van der Waals surface area (Å²) in [6.07, 6.45) is 1.09. The first-order chi connectivity index (χ1) is 7.70. The SMILES string of the molecule is N#CC(=CC(N)=O)c1nc2ccccc2s1. The van der Waals surface area contributed by atoms with Crippen LogP contribution in [0.4, 0.5) is 0 Å². The Kier molecular flexibility index (Phi) is 2.66. The maximum Gasteiger partial charge on any atom is 0.242 e. The average Bonchev–Trinajstić information content (AvgIpc) is 2.68. The molecule has 78 valence electrons. The Bertz CT molecular complexity index is 588. The Morgan fingerprint density at radius 3 is 2.88 bits per heavy atom. The van der Waals surface area contributed by atoms with E-state index in [9.17, 15) is 4.79 Å². The molecule has 1 amide bonds. The molecule has 1 aromatic heterocycles. The van der Waals surface area contributed by atoms with Crippen LogP contribution in [0.15, 0.2) is 30.3 Å². The summed E-state index contributed by atoms with van der Waals surface area (Å²) in [5, 5.41) is 9.41. The zero-order valence-electron chi connectivity index (χ0n) is 8.18. The molecule has 2 rings (SSSR count). The van der Waals surface area contributed by atoms with Gasteiger partial charge >= 0.3 is 0 Å². The largest absolute Gasteiger partial charge is 0.366 e. The molecule has 2 N–H and O–H groups in total. The van der Waals surface area contributed by atoms with Crippen molar-refractivity contribution in [1.82, 2.24) is 4.98 Å². The van der Waals surface area contributed by atoms with Crippen LogP contribution >= 0.6 is 11.3 Å². The predicted octanol–water partition coefficient (Wildman–Crippen LogP) is 1.69. The van der Waals surface area contributed by atoms with E-state index in [4.69, 9.17) is 11.0 Å². The van der Waals surface area contributed by atoms with Gasteiger partial charge in [-0.1, -0.05) is 12.1 Å². The van der Waals surface area contributed by atoms with E-state index < -0.39 is 5.91 Å². The van der Waals surface area contributed by atoms with Crippen molar-refractivity contribution in [3.05, 3.63) is 35.3 Å². The van der Waals surface area contributed by atoms with Crippen molar-refractivity contribution in [2.45, 2.75) is 0 Å². The highest BCUT2D eigenvalue weighted by atomic mass is 32.1. The van der Waals surface area contributed by atoms with Crippen LogP contribution in [0.3, 0.4) is 0 Å². The first-order valence-electron chi connectivity index (χ1n) is 4.48. The molecule has 0 unspecified atom stereocenters. The maximum atomic E-state index is 10.7. The van der Waals surface area contributed by atoms with Gasteiger partial charge in [0.15, 0.2) is 0 Å². The highest BCUT2D eigenvalue weighted by molar-refractivity contribution is 7.19. The second-order valence-electron chi connectivity index (χ2n) is 3.06. The standard InChI is InChI=1S/C11H7N3OS/c12-6-7(5-10(13)15)11-14-8-3-1-2-4-9(8)16-11/h1-5H,(H2,13,15). The van der Waals surface area contributed by atoms with Crippen LogP contribution in [-0.2, 0) is 4.79 Å². The number of benzene rings is 1. The van der Waals surface area contributed by atoms with Crippen molar-refractivity contribution < 1.29 is 4.79 Å². The van der Waals surface area contributed by atoms with Gasteiger partial charge in [-0.15, -0.1) is 11.3 Å². The number of allylic oxidation sites excluding steroid dienone is 1. The van der Waals surface area contributed by atoms with Gasteiger partial charge in [0.1, 0.15) is 11.1 Å². The molecule has 0 saturated carbocycles. The summed E-state index contributed by atoms with van der Waals surface area (Å²) in [6.45, 7) is 0. The number of nitriles is 1. The lowest BCUT2D eigenvalue weighted by Gasteiger charge is -1.88. The minimum atomic E-state index is -0.643. The van der Waals surface area contributed by atoms with Crippen molar-refractivity contribution >= 4 is 33.0 Å². The molecule has 0 aliphatic carbocycles. The van der Waals surface area contributed by atoms with E-state index in [1.54, 1.807) is 0 Å². The fourth-order valence-corrected chi connectivity index (χ4v) is 2.20. The van der Waals surface area contributed by atoms with Crippen molar-refractivity contribution in [3.63, 3.8) is 0 Å². The van der Waals surface area contributed by atoms with Crippen molar-refractivity contribution in [2.24, 2.45) is 5.73 Å². The number of nitrogens with two attached hydrogens (primary N) is 1. The van der Waals surface area contributed by atoms with Crippen molar-refractivity contribution in [2.75, 3.05) is 0 Å². The predicted molar refractivity (Wildman–Crippen MR) is 62.4 cm³/mol. The first-order valence-corrected chi connectivity index (χ1v) is 5.29. The lowest BCUT2D eigenvalue weighted by molar-refractivity contribution is -0.113. The normalized spacial score (nSPS) is 11.3. The van der Waals surface area contributed by atoms with E-state index in [1.807, 2.05) is 30.3 Å². The summed E-state index contributed by atoms with van der Waals surface area (Å²) in [6, 6.07) is 9.45. The summed E-state index contributed by atoms with van der Waals surface area (Å²) in [4.78, 5) is 15.0. The monoisotopic (exact) mass is 229 g/mol. The van der Waals surface area contributed by atoms with Crippen LogP contribution in [0, 0.1) is 11.3 Å². The molecule has 0 aliphatic heterocycles. The zero-order chi connectivity index (χ0) is 11.5. The van der Waals surface area contributed by atoms with Gasteiger partial charge in [-0.25, -0.2) is 4.98 Å². The Balaban J connectivity index is 2.55. The second kappa shape index (κ2) is 4.13. The molecule has 0 fully saturated rings. The van der Waals surface area contributed by atoms with Gasteiger partial charge in [0.25, 0.3) is 0 Å². The number of aromatic nitrogens is 1. The minimum absolute atomic E-state index is 0.202. The number of carbonyl (C=O) groups is 1. The average molecular weight is 229 g/mol. The highest BCUT2D eigenvalue weighted by Crippen LogP contribution is 2.26. The summed E-state index contributed by atoms with van der Waals surface area (Å²) in [5.41, 5.74) is 6.03. The Hall–Kier alpha value is -2.19. The van der Waals surface area contributed by atoms with Gasteiger partial charge in [-0.2, -0.15) is 5.26 Å². The van der Waals surface area contributed by atoms with Crippen molar-refractivity contribution in [1.29, 1.82) is 5.26 Å². The zero-order valence-corrected chi connectivity index (χ0v) is 8.99. The fourth-order valence-electron chi connectivity index (χ4n) is 1.27. The molecule has 0 aliphatic rings. The maximum absolute atomic E-state index is 10.7. The third-order valence-corrected chi connectivity index (χ3v) is 3.00. The number of thiazole rings is 1. The van der Waals surface area contributed by atoms with E-state index in [1.165, 1.54) is 11.3 Å². The summed E-state index contributed by atoms with van der Waals surface area (Å²) in [5.74, 6) is -0.643. The topological polar surface area (TPSA) is 79.8 Å². The Labute approximate surface area is 95.6 Å². The van der Waals surface area contributed by atoms with Crippen LogP contribution in [0.25, 0.3) is 15.8 Å². The summed E-state index contributed by atoms with van der Waals surface area (Å²) in [7, 11) is 0. The van der Waals surface area contributed by atoms with Gasteiger partial charge in [-0.05, 0) is 12.1 Å². The summed E-state index contributed by atoms with van der Waals surface area (Å²) >= 11 is 1.36. The third kappa shape index (κ3) is 1.92. The molecular formula is C11H7N3OS. The Morgan fingerprint density at radius 2 is 2.25 bits per heavy atom. The lowest BCUT2D eigenvalue weighted by atomic mass is 10.3. The quantitative estimate of drug-likeness (QED) is 0.628. The lowest BCUT2D eigenvalue weighted by Crippen LogP contribution is -2.06. The number of fused-ring (bicyclic) bond motifs is 1. The van der Waals surface area contributed by atoms with Crippen molar-refractivity contribution in [3.8, 4) is 6.07 Å². The van der Waals surface area contributed by atoms with Crippen LogP contribution in [0.2, 0.25) is 0 Å². The molecule has 1 aromatic carbocycles. The number of nitrogens with zero attached hydrogens (tertiary/aromatic N) is 2. The number of rotatable bonds is 2. The van der Waals surface area contributed by atoms with E-state index in [-0.39, 0.29) is 5.57 Å². The van der Waals surface area contributed by atoms with Gasteiger partial charge < -0.3 is 5.73 Å². The summed E-state index contributed by atoms with van der Waals surface area (Å²) < 4.78 is 0.975. The van der Waals surface area contributed by atoms with Crippen LogP contribution in [0.1, 0.15) is 5.01 Å². The number of hydrogen-bond donors (Lipinski definition) is 1. The molecule has 16 heavy (non-hydrogen) atoms. The molecule has 4 nitrogen and oxygen atoms in total. The molecular weight excluding hydrogens is 222 g/mol.